The molecule has 0 amide bonds. The molecule has 0 spiro atoms. The fraction of sp³-hybridized carbons (Fsp3) is 0.400. The molecule has 3 heterocycles. The quantitative estimate of drug-likeness (QED) is 0.520. The van der Waals surface area contributed by atoms with E-state index < -0.39 is 17.8 Å². The van der Waals surface area contributed by atoms with Crippen molar-refractivity contribution in [2.24, 2.45) is 0 Å². The van der Waals surface area contributed by atoms with E-state index in [0.29, 0.717) is 17.8 Å². The average Bonchev–Trinajstić information content (AvgIpc) is 2.74. The zero-order valence-corrected chi connectivity index (χ0v) is 16.4. The number of hydrogen-bond acceptors (Lipinski definition) is 7. The molecule has 0 aromatic carbocycles. The molecule has 0 unspecified atom stereocenters. The van der Waals surface area contributed by atoms with Crippen molar-refractivity contribution in [3.8, 4) is 11.6 Å². The van der Waals surface area contributed by atoms with Gasteiger partial charge in [-0.05, 0) is 38.1 Å². The van der Waals surface area contributed by atoms with Gasteiger partial charge in [0.2, 0.25) is 5.88 Å². The normalized spacial score (nSPS) is 15.6. The van der Waals surface area contributed by atoms with E-state index >= 15 is 0 Å². The number of alkyl halides is 3. The zero-order chi connectivity index (χ0) is 21.7. The van der Waals surface area contributed by atoms with Crippen molar-refractivity contribution in [2.45, 2.75) is 24.9 Å². The molecule has 0 atom stereocenters. The Labute approximate surface area is 171 Å². The van der Waals surface area contributed by atoms with Crippen LogP contribution in [-0.2, 0) is 15.7 Å². The molecule has 3 rings (SSSR count). The first-order chi connectivity index (χ1) is 14.3. The summed E-state index contributed by atoms with van der Waals surface area (Å²) in [6.45, 7) is 5.62. The van der Waals surface area contributed by atoms with Crippen molar-refractivity contribution in [1.82, 2.24) is 19.9 Å². The van der Waals surface area contributed by atoms with Crippen molar-refractivity contribution in [3.05, 3.63) is 54.3 Å². The molecule has 30 heavy (non-hydrogen) atoms. The lowest BCUT2D eigenvalue weighted by Gasteiger charge is -2.31. The Morgan fingerprint density at radius 1 is 1.20 bits per heavy atom. The number of carbonyl (C=O) groups is 1. The van der Waals surface area contributed by atoms with Crippen LogP contribution >= 0.6 is 0 Å². The van der Waals surface area contributed by atoms with Crippen LogP contribution < -0.4 is 4.74 Å². The molecule has 0 radical (unpaired) electrons. The van der Waals surface area contributed by atoms with Gasteiger partial charge < -0.3 is 9.47 Å². The van der Waals surface area contributed by atoms with Crippen molar-refractivity contribution in [2.75, 3.05) is 26.7 Å². The molecule has 2 aromatic heterocycles. The summed E-state index contributed by atoms with van der Waals surface area (Å²) in [5.74, 6) is 0.0404. The molecule has 1 aliphatic rings. The van der Waals surface area contributed by atoms with E-state index in [1.807, 2.05) is 0 Å². The minimum atomic E-state index is -4.51. The van der Waals surface area contributed by atoms with Gasteiger partial charge in [0.25, 0.3) is 0 Å². The minimum absolute atomic E-state index is 0.0683. The molecule has 0 N–H and O–H groups in total. The molecular formula is C20H21F3N4O3. The topological polar surface area (TPSA) is 77.4 Å². The number of esters is 1. The Morgan fingerprint density at radius 2 is 1.90 bits per heavy atom. The summed E-state index contributed by atoms with van der Waals surface area (Å²) >= 11 is 0. The first kappa shape index (κ1) is 21.7. The lowest BCUT2D eigenvalue weighted by molar-refractivity contribution is -0.141. The Bertz CT molecular complexity index is 895. The smallest absolute Gasteiger partial charge is 0.433 e. The monoisotopic (exact) mass is 422 g/mol. The van der Waals surface area contributed by atoms with Crippen molar-refractivity contribution >= 4 is 5.97 Å². The molecule has 0 saturated carbocycles. The second-order valence-corrected chi connectivity index (χ2v) is 6.87. The van der Waals surface area contributed by atoms with Gasteiger partial charge in [-0.3, -0.25) is 9.88 Å². The lowest BCUT2D eigenvalue weighted by Crippen LogP contribution is -2.35. The fourth-order valence-electron chi connectivity index (χ4n) is 3.26. The first-order valence-electron chi connectivity index (χ1n) is 9.28. The molecule has 7 nitrogen and oxygen atoms in total. The summed E-state index contributed by atoms with van der Waals surface area (Å²) < 4.78 is 48.4. The summed E-state index contributed by atoms with van der Waals surface area (Å²) in [6, 6.07) is 2.06. The highest BCUT2D eigenvalue weighted by atomic mass is 19.4. The maximum absolute atomic E-state index is 12.7. The first-order valence-corrected chi connectivity index (χ1v) is 9.28. The number of hydrogen-bond donors (Lipinski definition) is 0. The van der Waals surface area contributed by atoms with E-state index in [1.165, 1.54) is 19.4 Å². The predicted octanol–water partition coefficient (Wildman–Crippen LogP) is 3.59. The van der Waals surface area contributed by atoms with Crippen molar-refractivity contribution in [3.63, 3.8) is 0 Å². The van der Waals surface area contributed by atoms with Crippen molar-refractivity contribution < 1.29 is 27.4 Å². The van der Waals surface area contributed by atoms with Gasteiger partial charge in [-0.25, -0.2) is 14.8 Å². The predicted molar refractivity (Wildman–Crippen MR) is 101 cm³/mol. The van der Waals surface area contributed by atoms with Gasteiger partial charge in [-0.2, -0.15) is 13.2 Å². The molecule has 10 heteroatoms. The molecule has 1 saturated heterocycles. The Balaban J connectivity index is 1.65. The molecular weight excluding hydrogens is 401 g/mol. The SMILES string of the molecule is C=C(CN1CCC(c2nccnc2Oc2ccc(C(F)(F)F)nc2)CC1)C(=O)OC. The number of ether oxygens (including phenoxy) is 2. The highest BCUT2D eigenvalue weighted by Crippen LogP contribution is 2.34. The van der Waals surface area contributed by atoms with Gasteiger partial charge in [-0.1, -0.05) is 6.58 Å². The third-order valence-electron chi connectivity index (χ3n) is 4.80. The highest BCUT2D eigenvalue weighted by molar-refractivity contribution is 5.88. The summed E-state index contributed by atoms with van der Waals surface area (Å²) in [6.07, 6.45) is 1.04. The number of pyridine rings is 1. The molecule has 1 aliphatic heterocycles. The molecule has 2 aromatic rings. The number of nitrogens with zero attached hydrogens (tertiary/aromatic N) is 4. The van der Waals surface area contributed by atoms with Crippen LogP contribution in [0.3, 0.4) is 0 Å². The van der Waals surface area contributed by atoms with Gasteiger partial charge >= 0.3 is 12.1 Å². The van der Waals surface area contributed by atoms with Crippen LogP contribution in [-0.4, -0.2) is 52.6 Å². The number of rotatable bonds is 6. The van der Waals surface area contributed by atoms with E-state index in [4.69, 9.17) is 4.74 Å². The summed E-state index contributed by atoms with van der Waals surface area (Å²) in [5.41, 5.74) is 0.0493. The second kappa shape index (κ2) is 9.21. The van der Waals surface area contributed by atoms with Gasteiger partial charge in [0.05, 0.1) is 13.3 Å². The molecule has 1 fully saturated rings. The maximum atomic E-state index is 12.7. The molecule has 0 bridgehead atoms. The van der Waals surface area contributed by atoms with E-state index in [-0.39, 0.29) is 17.5 Å². The van der Waals surface area contributed by atoms with Crippen LogP contribution in [0.15, 0.2) is 42.9 Å². The molecule has 160 valence electrons. The minimum Gasteiger partial charge on any atom is -0.466 e. The number of carbonyl (C=O) groups excluding carboxylic acids is 1. The number of piperidine rings is 1. The summed E-state index contributed by atoms with van der Waals surface area (Å²) in [4.78, 5) is 25.6. The second-order valence-electron chi connectivity index (χ2n) is 6.87. The molecule has 0 aliphatic carbocycles. The van der Waals surface area contributed by atoms with E-state index in [2.05, 4.69) is 31.2 Å². The van der Waals surface area contributed by atoms with Gasteiger partial charge in [0.15, 0.2) is 0 Å². The largest absolute Gasteiger partial charge is 0.466 e. The summed E-state index contributed by atoms with van der Waals surface area (Å²) in [5, 5.41) is 0. The maximum Gasteiger partial charge on any atom is 0.433 e. The van der Waals surface area contributed by atoms with Crippen LogP contribution in [0, 0.1) is 0 Å². The zero-order valence-electron chi connectivity index (χ0n) is 16.4. The fourth-order valence-corrected chi connectivity index (χ4v) is 3.26. The Morgan fingerprint density at radius 3 is 2.50 bits per heavy atom. The van der Waals surface area contributed by atoms with E-state index in [9.17, 15) is 18.0 Å². The average molecular weight is 422 g/mol. The Hall–Kier alpha value is -3.01. The van der Waals surface area contributed by atoms with Crippen LogP contribution in [0.5, 0.6) is 11.6 Å². The summed E-state index contributed by atoms with van der Waals surface area (Å²) in [7, 11) is 1.32. The third-order valence-corrected chi connectivity index (χ3v) is 4.80. The van der Waals surface area contributed by atoms with Crippen LogP contribution in [0.2, 0.25) is 0 Å². The standard InChI is InChI=1S/C20H21F3N4O3/c1-13(19(28)29-2)12-27-9-5-14(6-10-27)17-18(25-8-7-24-17)30-15-3-4-16(26-11-15)20(21,22)23/h3-4,7-8,11,14H,1,5-6,9-10,12H2,2H3. The number of likely N-dealkylation sites (tertiary alicyclic amines) is 1. The van der Waals surface area contributed by atoms with Gasteiger partial charge in [0, 0.05) is 30.4 Å². The number of methoxy groups -OCH3 is 1. The van der Waals surface area contributed by atoms with Gasteiger partial charge in [0.1, 0.15) is 17.1 Å². The highest BCUT2D eigenvalue weighted by Gasteiger charge is 2.32. The Kier molecular flexibility index (Phi) is 6.66. The van der Waals surface area contributed by atoms with Gasteiger partial charge in [-0.15, -0.1) is 0 Å². The van der Waals surface area contributed by atoms with Crippen LogP contribution in [0.4, 0.5) is 13.2 Å². The van der Waals surface area contributed by atoms with Crippen molar-refractivity contribution in [1.29, 1.82) is 0 Å². The van der Waals surface area contributed by atoms with Crippen LogP contribution in [0.1, 0.15) is 30.1 Å². The number of halogens is 3. The number of aromatic nitrogens is 3. The van der Waals surface area contributed by atoms with E-state index in [1.54, 1.807) is 6.20 Å². The van der Waals surface area contributed by atoms with Crippen LogP contribution in [0.25, 0.3) is 0 Å². The van der Waals surface area contributed by atoms with E-state index in [0.717, 1.165) is 38.2 Å². The lowest BCUT2D eigenvalue weighted by atomic mass is 9.93. The third kappa shape index (κ3) is 5.32.